The molecule has 3 fully saturated rings. The first-order valence-corrected chi connectivity index (χ1v) is 11.6. The Hall–Kier alpha value is -1.67. The van der Waals surface area contributed by atoms with Crippen molar-refractivity contribution in [3.8, 4) is 0 Å². The molecular weight excluding hydrogens is 386 g/mol. The minimum Gasteiger partial charge on any atom is -0.394 e. The largest absolute Gasteiger partial charge is 0.394 e. The molecule has 30 heavy (non-hydrogen) atoms. The van der Waals surface area contributed by atoms with E-state index in [4.69, 9.17) is 4.74 Å². The van der Waals surface area contributed by atoms with Crippen LogP contribution < -0.4 is 10.6 Å². The summed E-state index contributed by atoms with van der Waals surface area (Å²) in [6, 6.07) is -1.27. The van der Waals surface area contributed by atoms with Crippen LogP contribution in [0.3, 0.4) is 0 Å². The summed E-state index contributed by atoms with van der Waals surface area (Å²) in [4.78, 5) is 41.3. The Morgan fingerprint density at radius 3 is 2.53 bits per heavy atom. The van der Waals surface area contributed by atoms with Gasteiger partial charge in [0.1, 0.15) is 11.6 Å². The number of unbranched alkanes of at least 4 members (excludes halogenated alkanes) is 2. The van der Waals surface area contributed by atoms with Crippen molar-refractivity contribution in [1.29, 1.82) is 0 Å². The SMILES string of the molecule is CCCCCNC(=O)C1N([C@@H](CC)CO)C(=O)[C@@H]2[C@H](C(=O)NCCC)[C@@H]3CCC12O3. The molecule has 0 saturated carbocycles. The second kappa shape index (κ2) is 9.64. The highest BCUT2D eigenvalue weighted by atomic mass is 16.5. The van der Waals surface area contributed by atoms with Crippen LogP contribution in [0.1, 0.15) is 65.7 Å². The first-order valence-electron chi connectivity index (χ1n) is 11.6. The molecule has 3 saturated heterocycles. The van der Waals surface area contributed by atoms with Crippen LogP contribution in [0, 0.1) is 11.8 Å². The average molecular weight is 424 g/mol. The van der Waals surface area contributed by atoms with Gasteiger partial charge in [-0.05, 0) is 32.1 Å². The maximum Gasteiger partial charge on any atom is 0.245 e. The fourth-order valence-electron chi connectivity index (χ4n) is 5.55. The van der Waals surface area contributed by atoms with Crippen LogP contribution in [-0.4, -0.2) is 71.2 Å². The van der Waals surface area contributed by atoms with E-state index in [1.165, 1.54) is 4.90 Å². The van der Waals surface area contributed by atoms with E-state index >= 15 is 0 Å². The zero-order valence-electron chi connectivity index (χ0n) is 18.5. The maximum atomic E-state index is 13.6. The smallest absolute Gasteiger partial charge is 0.245 e. The van der Waals surface area contributed by atoms with Crippen molar-refractivity contribution in [3.63, 3.8) is 0 Å². The first-order chi connectivity index (χ1) is 14.5. The number of carbonyl (C=O) groups is 3. The molecule has 0 aliphatic carbocycles. The molecule has 3 amide bonds. The van der Waals surface area contributed by atoms with Crippen LogP contribution in [0.5, 0.6) is 0 Å². The van der Waals surface area contributed by atoms with Gasteiger partial charge < -0.3 is 25.4 Å². The summed E-state index contributed by atoms with van der Waals surface area (Å²) in [5.74, 6) is -1.87. The molecule has 170 valence electrons. The summed E-state index contributed by atoms with van der Waals surface area (Å²) >= 11 is 0. The lowest BCUT2D eigenvalue weighted by atomic mass is 9.70. The number of carbonyl (C=O) groups excluding carboxylic acids is 3. The van der Waals surface area contributed by atoms with Crippen LogP contribution in [0.25, 0.3) is 0 Å². The summed E-state index contributed by atoms with van der Waals surface area (Å²) in [5, 5.41) is 15.8. The van der Waals surface area contributed by atoms with E-state index in [0.717, 1.165) is 25.7 Å². The molecule has 3 aliphatic heterocycles. The Labute approximate surface area is 179 Å². The molecule has 0 aromatic rings. The molecule has 0 aromatic heterocycles. The summed E-state index contributed by atoms with van der Waals surface area (Å²) in [5.41, 5.74) is -0.979. The normalized spacial score (nSPS) is 32.9. The van der Waals surface area contributed by atoms with Gasteiger partial charge in [-0.15, -0.1) is 0 Å². The summed E-state index contributed by atoms with van der Waals surface area (Å²) in [6.45, 7) is 6.85. The number of nitrogens with one attached hydrogen (secondary N) is 2. The van der Waals surface area contributed by atoms with Crippen molar-refractivity contribution in [3.05, 3.63) is 0 Å². The number of likely N-dealkylation sites (tertiary alicyclic amines) is 1. The minimum absolute atomic E-state index is 0.164. The van der Waals surface area contributed by atoms with Gasteiger partial charge in [-0.3, -0.25) is 14.4 Å². The summed E-state index contributed by atoms with van der Waals surface area (Å²) < 4.78 is 6.33. The Morgan fingerprint density at radius 1 is 1.17 bits per heavy atom. The van der Waals surface area contributed by atoms with E-state index in [-0.39, 0.29) is 30.4 Å². The minimum atomic E-state index is -0.979. The van der Waals surface area contributed by atoms with Gasteiger partial charge in [0.05, 0.1) is 30.6 Å². The number of fused-ring (bicyclic) bond motifs is 1. The lowest BCUT2D eigenvalue weighted by molar-refractivity contribution is -0.145. The molecule has 6 atom stereocenters. The van der Waals surface area contributed by atoms with E-state index in [1.54, 1.807) is 0 Å². The number of ether oxygens (including phenoxy) is 1. The third kappa shape index (κ3) is 3.73. The molecule has 0 radical (unpaired) electrons. The Balaban J connectivity index is 1.91. The number of hydrogen-bond donors (Lipinski definition) is 3. The van der Waals surface area contributed by atoms with Gasteiger partial charge in [0.25, 0.3) is 0 Å². The molecule has 2 unspecified atom stereocenters. The number of aliphatic hydroxyl groups is 1. The third-order valence-corrected chi connectivity index (χ3v) is 6.99. The van der Waals surface area contributed by atoms with Crippen molar-refractivity contribution in [1.82, 2.24) is 15.5 Å². The molecule has 3 N–H and O–H groups in total. The van der Waals surface area contributed by atoms with Crippen molar-refractivity contribution < 1.29 is 24.2 Å². The zero-order valence-corrected chi connectivity index (χ0v) is 18.5. The van der Waals surface area contributed by atoms with Gasteiger partial charge in [0.2, 0.25) is 17.7 Å². The molecule has 0 aromatic carbocycles. The lowest BCUT2D eigenvalue weighted by Crippen LogP contribution is -2.58. The van der Waals surface area contributed by atoms with Gasteiger partial charge in [-0.25, -0.2) is 0 Å². The Kier molecular flexibility index (Phi) is 7.39. The molecule has 1 spiro atoms. The molecule has 8 nitrogen and oxygen atoms in total. The number of rotatable bonds is 11. The van der Waals surface area contributed by atoms with Crippen molar-refractivity contribution in [2.75, 3.05) is 19.7 Å². The second-order valence-corrected chi connectivity index (χ2v) is 8.84. The van der Waals surface area contributed by atoms with E-state index in [1.807, 2.05) is 13.8 Å². The molecule has 3 heterocycles. The van der Waals surface area contributed by atoms with E-state index in [9.17, 15) is 19.5 Å². The van der Waals surface area contributed by atoms with Crippen LogP contribution >= 0.6 is 0 Å². The molecule has 3 rings (SSSR count). The van der Waals surface area contributed by atoms with Crippen molar-refractivity contribution in [2.45, 2.75) is 89.5 Å². The van der Waals surface area contributed by atoms with E-state index < -0.39 is 29.5 Å². The molecule has 2 bridgehead atoms. The van der Waals surface area contributed by atoms with Crippen molar-refractivity contribution in [2.24, 2.45) is 11.8 Å². The lowest BCUT2D eigenvalue weighted by Gasteiger charge is -2.36. The topological polar surface area (TPSA) is 108 Å². The maximum absolute atomic E-state index is 13.6. The standard InChI is InChI=1S/C22H37N3O5/c1-4-7-8-12-24-20(28)18-22-10-9-15(30-22)16(19(27)23-11-5-2)17(22)21(29)25(18)14(6-3)13-26/h14-18,26H,4-13H2,1-3H3,(H,23,27)(H,24,28)/t14-,15-,16+,17-,18?,22?/m0/s1. The van der Waals surface area contributed by atoms with Crippen LogP contribution in [0.15, 0.2) is 0 Å². The third-order valence-electron chi connectivity index (χ3n) is 6.99. The highest BCUT2D eigenvalue weighted by Gasteiger charge is 2.74. The highest BCUT2D eigenvalue weighted by molar-refractivity contribution is 5.99. The van der Waals surface area contributed by atoms with E-state index in [0.29, 0.717) is 32.4 Å². The summed E-state index contributed by atoms with van der Waals surface area (Å²) in [6.07, 6.45) is 5.20. The van der Waals surface area contributed by atoms with Crippen molar-refractivity contribution >= 4 is 17.7 Å². The molecule has 3 aliphatic rings. The molecule has 8 heteroatoms. The first kappa shape index (κ1) is 23.0. The van der Waals surface area contributed by atoms with E-state index in [2.05, 4.69) is 17.6 Å². The van der Waals surface area contributed by atoms with Gasteiger partial charge in [0.15, 0.2) is 0 Å². The van der Waals surface area contributed by atoms with Gasteiger partial charge in [-0.1, -0.05) is 33.6 Å². The predicted octanol–water partition coefficient (Wildman–Crippen LogP) is 0.965. The highest BCUT2D eigenvalue weighted by Crippen LogP contribution is 2.58. The number of nitrogens with zero attached hydrogens (tertiary/aromatic N) is 1. The molecular formula is C22H37N3O5. The Morgan fingerprint density at radius 2 is 1.90 bits per heavy atom. The summed E-state index contributed by atoms with van der Waals surface area (Å²) in [7, 11) is 0. The number of amides is 3. The van der Waals surface area contributed by atoms with Crippen LogP contribution in [-0.2, 0) is 19.1 Å². The Bertz CT molecular complexity index is 653. The van der Waals surface area contributed by atoms with Crippen LogP contribution in [0.4, 0.5) is 0 Å². The van der Waals surface area contributed by atoms with Gasteiger partial charge in [-0.2, -0.15) is 0 Å². The zero-order chi connectivity index (χ0) is 21.9. The fraction of sp³-hybridized carbons (Fsp3) is 0.864. The second-order valence-electron chi connectivity index (χ2n) is 8.84. The monoisotopic (exact) mass is 423 g/mol. The van der Waals surface area contributed by atoms with Gasteiger partial charge >= 0.3 is 0 Å². The van der Waals surface area contributed by atoms with Gasteiger partial charge in [0, 0.05) is 13.1 Å². The number of aliphatic hydroxyl groups excluding tert-OH is 1. The van der Waals surface area contributed by atoms with Crippen LogP contribution in [0.2, 0.25) is 0 Å². The quantitative estimate of drug-likeness (QED) is 0.429. The average Bonchev–Trinajstić information content (AvgIpc) is 3.38. The predicted molar refractivity (Wildman–Crippen MR) is 111 cm³/mol. The fourth-order valence-corrected chi connectivity index (χ4v) is 5.55. The number of hydrogen-bond acceptors (Lipinski definition) is 5.